The van der Waals surface area contributed by atoms with E-state index in [0.29, 0.717) is 37.5 Å². The molecule has 1 aromatic rings. The number of nitrogens with one attached hydrogen (secondary N) is 2. The highest BCUT2D eigenvalue weighted by Crippen LogP contribution is 2.33. The Labute approximate surface area is 227 Å². The Morgan fingerprint density at radius 1 is 1.11 bits per heavy atom. The Balaban J connectivity index is 2.15. The molecule has 1 saturated heterocycles. The number of anilines is 1. The molecule has 4 atom stereocenters. The van der Waals surface area contributed by atoms with Crippen LogP contribution < -0.4 is 15.4 Å². The van der Waals surface area contributed by atoms with Gasteiger partial charge in [-0.15, -0.1) is 0 Å². The van der Waals surface area contributed by atoms with Crippen LogP contribution in [0.25, 0.3) is 0 Å². The van der Waals surface area contributed by atoms with E-state index in [4.69, 9.17) is 18.9 Å². The third kappa shape index (κ3) is 10.2. The molecule has 1 fully saturated rings. The molecule has 0 unspecified atom stereocenters. The maximum Gasteiger partial charge on any atom is 0.408 e. The topological polar surface area (TPSA) is 112 Å². The fourth-order valence-corrected chi connectivity index (χ4v) is 4.47. The number of esters is 1. The summed E-state index contributed by atoms with van der Waals surface area (Å²) in [6.07, 6.45) is 0.145. The molecule has 2 amide bonds. The van der Waals surface area contributed by atoms with E-state index in [0.717, 1.165) is 0 Å². The zero-order valence-corrected chi connectivity index (χ0v) is 24.2. The van der Waals surface area contributed by atoms with Crippen molar-refractivity contribution in [1.82, 2.24) is 5.32 Å². The number of alkyl carbamates (subject to hydrolysis) is 1. The Morgan fingerprint density at radius 3 is 2.37 bits per heavy atom. The first-order valence-electron chi connectivity index (χ1n) is 13.5. The average molecular weight is 535 g/mol. The number of rotatable bonds is 13. The highest BCUT2D eigenvalue weighted by Gasteiger charge is 2.42. The number of cyclic esters (lactones) is 1. The van der Waals surface area contributed by atoms with Crippen molar-refractivity contribution in [3.63, 3.8) is 0 Å². The first kappa shape index (κ1) is 31.4. The van der Waals surface area contributed by atoms with E-state index in [1.807, 2.05) is 39.8 Å². The molecule has 214 valence electrons. The van der Waals surface area contributed by atoms with Crippen molar-refractivity contribution in [3.8, 4) is 5.75 Å². The van der Waals surface area contributed by atoms with Crippen molar-refractivity contribution in [1.29, 1.82) is 0 Å². The molecule has 9 heteroatoms. The third-order valence-corrected chi connectivity index (χ3v) is 6.67. The van der Waals surface area contributed by atoms with Crippen molar-refractivity contribution in [2.45, 2.75) is 85.5 Å². The van der Waals surface area contributed by atoms with Crippen molar-refractivity contribution < 1.29 is 33.3 Å². The smallest absolute Gasteiger partial charge is 0.408 e. The molecule has 0 aliphatic carbocycles. The van der Waals surface area contributed by atoms with Gasteiger partial charge in [-0.25, -0.2) is 4.79 Å². The lowest BCUT2D eigenvalue weighted by Gasteiger charge is -2.31. The lowest BCUT2D eigenvalue weighted by atomic mass is 9.83. The lowest BCUT2D eigenvalue weighted by molar-refractivity contribution is -0.146. The number of carbonyl (C=O) groups excluding carboxylic acids is 3. The molecule has 2 N–H and O–H groups in total. The maximum absolute atomic E-state index is 13.1. The summed E-state index contributed by atoms with van der Waals surface area (Å²) in [5.41, 5.74) is -0.0821. The second kappa shape index (κ2) is 14.4. The van der Waals surface area contributed by atoms with Gasteiger partial charge in [-0.1, -0.05) is 39.8 Å². The largest absolute Gasteiger partial charge is 0.489 e. The van der Waals surface area contributed by atoms with Crippen molar-refractivity contribution >= 4 is 23.7 Å². The van der Waals surface area contributed by atoms with Gasteiger partial charge in [0.25, 0.3) is 0 Å². The predicted molar refractivity (Wildman–Crippen MR) is 146 cm³/mol. The summed E-state index contributed by atoms with van der Waals surface area (Å²) in [6, 6.07) is 6.78. The van der Waals surface area contributed by atoms with Crippen LogP contribution in [0.2, 0.25) is 0 Å². The Kier molecular flexibility index (Phi) is 11.9. The number of ether oxygens (including phenoxy) is 4. The van der Waals surface area contributed by atoms with E-state index < -0.39 is 23.8 Å². The summed E-state index contributed by atoms with van der Waals surface area (Å²) < 4.78 is 22.0. The Hall–Kier alpha value is -2.81. The second-order valence-electron chi connectivity index (χ2n) is 11.6. The molecule has 38 heavy (non-hydrogen) atoms. The SMILES string of the molecule is COCCOc1ccccc1NC(=O)C[C@@H](C[C@H](NC(=O)OC(C)(C)C)[C@@H]1C[C@@H](C(C)C)C(=O)O1)C(C)C. The van der Waals surface area contributed by atoms with Gasteiger partial charge in [0.2, 0.25) is 5.91 Å². The van der Waals surface area contributed by atoms with Crippen molar-refractivity contribution in [2.75, 3.05) is 25.6 Å². The molecule has 0 spiro atoms. The summed E-state index contributed by atoms with van der Waals surface area (Å²) in [5, 5.41) is 5.90. The normalized spacial score (nSPS) is 19.2. The summed E-state index contributed by atoms with van der Waals surface area (Å²) in [5.74, 6) is 0.117. The molecular formula is C29H46N2O7. The average Bonchev–Trinajstić information content (AvgIpc) is 3.20. The predicted octanol–water partition coefficient (Wildman–Crippen LogP) is 5.18. The minimum atomic E-state index is -0.669. The quantitative estimate of drug-likeness (QED) is 0.265. The number of methoxy groups -OCH3 is 1. The van der Waals surface area contributed by atoms with E-state index in [9.17, 15) is 14.4 Å². The van der Waals surface area contributed by atoms with Crippen LogP contribution in [0.15, 0.2) is 24.3 Å². The highest BCUT2D eigenvalue weighted by molar-refractivity contribution is 5.92. The molecule has 1 aliphatic heterocycles. The highest BCUT2D eigenvalue weighted by atomic mass is 16.6. The Morgan fingerprint density at radius 2 is 1.79 bits per heavy atom. The van der Waals surface area contributed by atoms with Crippen LogP contribution >= 0.6 is 0 Å². The molecule has 0 radical (unpaired) electrons. The molecule has 0 bridgehead atoms. The molecule has 0 aromatic heterocycles. The van der Waals surface area contributed by atoms with Gasteiger partial charge in [0, 0.05) is 13.5 Å². The summed E-state index contributed by atoms with van der Waals surface area (Å²) >= 11 is 0. The fourth-order valence-electron chi connectivity index (χ4n) is 4.47. The molecule has 1 heterocycles. The van der Waals surface area contributed by atoms with Gasteiger partial charge in [0.15, 0.2) is 0 Å². The van der Waals surface area contributed by atoms with Crippen LogP contribution in [0.1, 0.15) is 67.7 Å². The van der Waals surface area contributed by atoms with E-state index in [-0.39, 0.29) is 42.0 Å². The number of hydrogen-bond donors (Lipinski definition) is 2. The molecule has 0 saturated carbocycles. The van der Waals surface area contributed by atoms with Gasteiger partial charge in [0.1, 0.15) is 24.1 Å². The van der Waals surface area contributed by atoms with E-state index in [2.05, 4.69) is 10.6 Å². The number of carbonyl (C=O) groups is 3. The van der Waals surface area contributed by atoms with Crippen LogP contribution in [0.4, 0.5) is 10.5 Å². The standard InChI is InChI=1S/C29H46N2O7/c1-18(2)20(16-26(32)30-22-11-9-10-12-24(22)36-14-13-35-8)15-23(31-28(34)38-29(5,6)7)25-17-21(19(3)4)27(33)37-25/h9-12,18-21,23,25H,13-17H2,1-8H3,(H,30,32)(H,31,34)/t20-,21+,23+,25+/m1/s1. The molecule has 9 nitrogen and oxygen atoms in total. The minimum Gasteiger partial charge on any atom is -0.489 e. The van der Waals surface area contributed by atoms with Crippen LogP contribution in [0.5, 0.6) is 5.75 Å². The van der Waals surface area contributed by atoms with E-state index in [1.165, 1.54) is 0 Å². The fraction of sp³-hybridized carbons (Fsp3) is 0.690. The zero-order chi connectivity index (χ0) is 28.5. The lowest BCUT2D eigenvalue weighted by Crippen LogP contribution is -2.47. The number of benzene rings is 1. The van der Waals surface area contributed by atoms with Gasteiger partial charge in [-0.3, -0.25) is 9.59 Å². The minimum absolute atomic E-state index is 0.0895. The zero-order valence-electron chi connectivity index (χ0n) is 24.2. The van der Waals surface area contributed by atoms with Crippen molar-refractivity contribution in [3.05, 3.63) is 24.3 Å². The first-order valence-corrected chi connectivity index (χ1v) is 13.5. The summed E-state index contributed by atoms with van der Waals surface area (Å²) in [6.45, 7) is 14.3. The van der Waals surface area contributed by atoms with Gasteiger partial charge in [-0.05, 0) is 63.5 Å². The van der Waals surface area contributed by atoms with Crippen LogP contribution in [-0.4, -0.2) is 56.0 Å². The van der Waals surface area contributed by atoms with Gasteiger partial charge in [-0.2, -0.15) is 0 Å². The summed E-state index contributed by atoms with van der Waals surface area (Å²) in [7, 11) is 1.60. The first-order chi connectivity index (χ1) is 17.8. The van der Waals surface area contributed by atoms with Crippen LogP contribution in [-0.2, 0) is 23.8 Å². The monoisotopic (exact) mass is 534 g/mol. The van der Waals surface area contributed by atoms with Crippen molar-refractivity contribution in [2.24, 2.45) is 23.7 Å². The van der Waals surface area contributed by atoms with Crippen LogP contribution in [0, 0.1) is 23.7 Å². The van der Waals surface area contributed by atoms with Gasteiger partial charge >= 0.3 is 12.1 Å². The summed E-state index contributed by atoms with van der Waals surface area (Å²) in [4.78, 5) is 38.4. The Bertz CT molecular complexity index is 926. The molecule has 1 aromatic carbocycles. The maximum atomic E-state index is 13.1. The number of amides is 2. The third-order valence-electron chi connectivity index (χ3n) is 6.67. The van der Waals surface area contributed by atoms with E-state index in [1.54, 1.807) is 40.0 Å². The van der Waals surface area contributed by atoms with E-state index >= 15 is 0 Å². The number of para-hydroxylation sites is 2. The second-order valence-corrected chi connectivity index (χ2v) is 11.6. The molecule has 1 aliphatic rings. The number of hydrogen-bond acceptors (Lipinski definition) is 7. The molecule has 2 rings (SSSR count). The van der Waals surface area contributed by atoms with Gasteiger partial charge < -0.3 is 29.6 Å². The molecular weight excluding hydrogens is 488 g/mol. The van der Waals surface area contributed by atoms with Gasteiger partial charge in [0.05, 0.1) is 24.3 Å². The van der Waals surface area contributed by atoms with Crippen LogP contribution in [0.3, 0.4) is 0 Å².